The van der Waals surface area contributed by atoms with E-state index in [0.717, 1.165) is 22.5 Å². The molecule has 0 saturated heterocycles. The van der Waals surface area contributed by atoms with Gasteiger partial charge in [0.05, 0.1) is 8.07 Å². The standard InChI is InChI=1S/C26H28NSSi.C12H10N.Ir/c1-29(2,3)20-12-13-21-22-10-7-11-23(26(22)28-25(21)17-20)24-16-19(14-15-27-24)18-8-5-4-6-9-18;1-10-7-8-12(13-9-10)11-5-3-2-4-6-11;/h7,10,12-18H,4-6,8-9H2,1-3H3;2-5,7-9H,1H3;/q2*-1;/i;1D3;. The van der Waals surface area contributed by atoms with Crippen molar-refractivity contribution in [2.45, 2.75) is 64.5 Å². The molecule has 3 aromatic heterocycles. The van der Waals surface area contributed by atoms with Crippen LogP contribution >= 0.6 is 11.3 Å². The van der Waals surface area contributed by atoms with Crippen LogP contribution in [0.25, 0.3) is 42.7 Å². The Morgan fingerprint density at radius 2 is 1.70 bits per heavy atom. The molecule has 1 aliphatic carbocycles. The van der Waals surface area contributed by atoms with Gasteiger partial charge in [-0.05, 0) is 64.8 Å². The number of rotatable bonds is 4. The predicted octanol–water partition coefficient (Wildman–Crippen LogP) is 10.4. The molecule has 2 nitrogen and oxygen atoms in total. The topological polar surface area (TPSA) is 25.8 Å². The van der Waals surface area contributed by atoms with Gasteiger partial charge in [-0.15, -0.1) is 59.7 Å². The van der Waals surface area contributed by atoms with Gasteiger partial charge in [-0.25, -0.2) is 0 Å². The Balaban J connectivity index is 0.000000209. The average molecular weight is 778 g/mol. The minimum Gasteiger partial charge on any atom is -0.305 e. The van der Waals surface area contributed by atoms with Crippen molar-refractivity contribution in [3.05, 3.63) is 115 Å². The minimum absolute atomic E-state index is 0. The Morgan fingerprint density at radius 1 is 0.837 bits per heavy atom. The summed E-state index contributed by atoms with van der Waals surface area (Å²) in [6, 6.07) is 33.3. The molecule has 0 aliphatic heterocycles. The van der Waals surface area contributed by atoms with Crippen LogP contribution in [-0.2, 0) is 20.1 Å². The van der Waals surface area contributed by atoms with Crippen molar-refractivity contribution in [1.29, 1.82) is 0 Å². The van der Waals surface area contributed by atoms with Gasteiger partial charge in [0.15, 0.2) is 0 Å². The Bertz CT molecular complexity index is 1910. The Morgan fingerprint density at radius 3 is 2.42 bits per heavy atom. The Hall–Kier alpha value is -2.95. The molecule has 0 bridgehead atoms. The summed E-state index contributed by atoms with van der Waals surface area (Å²) in [6.07, 6.45) is 10.1. The number of nitrogens with zero attached hydrogens (tertiary/aromatic N) is 2. The maximum absolute atomic E-state index is 7.23. The summed E-state index contributed by atoms with van der Waals surface area (Å²) in [4.78, 5) is 8.89. The number of benzene rings is 3. The molecular weight excluding hydrogens is 737 g/mol. The van der Waals surface area contributed by atoms with Crippen molar-refractivity contribution >= 4 is 44.8 Å². The van der Waals surface area contributed by atoms with Gasteiger partial charge in [0.2, 0.25) is 0 Å². The number of aromatic nitrogens is 2. The molecule has 0 N–H and O–H groups in total. The first-order chi connectivity index (χ1) is 21.6. The molecule has 0 amide bonds. The molecule has 1 radical (unpaired) electrons. The summed E-state index contributed by atoms with van der Waals surface area (Å²) >= 11 is 1.91. The third-order valence-corrected chi connectivity index (χ3v) is 11.4. The van der Waals surface area contributed by atoms with E-state index in [1.54, 1.807) is 18.2 Å². The van der Waals surface area contributed by atoms with Gasteiger partial charge < -0.3 is 9.97 Å². The van der Waals surface area contributed by atoms with Gasteiger partial charge >= 0.3 is 0 Å². The predicted molar refractivity (Wildman–Crippen MR) is 183 cm³/mol. The molecule has 5 heteroatoms. The van der Waals surface area contributed by atoms with Crippen LogP contribution in [0.15, 0.2) is 91.3 Å². The second-order valence-electron chi connectivity index (χ2n) is 12.2. The monoisotopic (exact) mass is 778 g/mol. The SMILES string of the molecule is C[Si](C)(C)c1ccc2c(c1)sc1c(-c3cc(C4CCCCC4)ccn3)[c-]ccc12.[2H]C([2H])([2H])c1ccc(-c2[c-]cccc2)nc1.[Ir]. The molecule has 43 heavy (non-hydrogen) atoms. The van der Waals surface area contributed by atoms with E-state index in [-0.39, 0.29) is 25.7 Å². The van der Waals surface area contributed by atoms with Crippen molar-refractivity contribution in [2.75, 3.05) is 0 Å². The third kappa shape index (κ3) is 7.24. The van der Waals surface area contributed by atoms with E-state index in [0.29, 0.717) is 5.92 Å². The fraction of sp³-hybridized carbons (Fsp3) is 0.263. The van der Waals surface area contributed by atoms with Gasteiger partial charge in [-0.3, -0.25) is 0 Å². The van der Waals surface area contributed by atoms with E-state index in [9.17, 15) is 0 Å². The molecule has 6 aromatic rings. The van der Waals surface area contributed by atoms with Gasteiger partial charge in [-0.2, -0.15) is 11.3 Å². The van der Waals surface area contributed by atoms with E-state index in [1.807, 2.05) is 35.7 Å². The van der Waals surface area contributed by atoms with Crippen LogP contribution in [0.4, 0.5) is 0 Å². The summed E-state index contributed by atoms with van der Waals surface area (Å²) in [5.41, 5.74) is 5.55. The van der Waals surface area contributed by atoms with Crippen LogP contribution in [0.2, 0.25) is 19.6 Å². The molecule has 1 aliphatic rings. The molecule has 7 rings (SSSR count). The van der Waals surface area contributed by atoms with Crippen molar-refractivity contribution in [3.63, 3.8) is 0 Å². The summed E-state index contributed by atoms with van der Waals surface area (Å²) in [6.45, 7) is 5.16. The summed E-state index contributed by atoms with van der Waals surface area (Å²) < 4.78 is 24.4. The van der Waals surface area contributed by atoms with E-state index in [1.165, 1.54) is 69.2 Å². The smallest absolute Gasteiger partial charge is 0.0776 e. The molecule has 0 spiro atoms. The number of thiophene rings is 1. The Kier molecular flexibility index (Phi) is 8.84. The zero-order chi connectivity index (χ0) is 31.6. The second-order valence-corrected chi connectivity index (χ2v) is 18.3. The third-order valence-electron chi connectivity index (χ3n) is 8.16. The van der Waals surface area contributed by atoms with Crippen LogP contribution in [0.1, 0.15) is 53.3 Å². The minimum atomic E-state index is -2.09. The quantitative estimate of drug-likeness (QED) is 0.132. The van der Waals surface area contributed by atoms with E-state index in [2.05, 4.69) is 79.2 Å². The normalized spacial score (nSPS) is 15.1. The zero-order valence-corrected chi connectivity index (χ0v) is 29.1. The maximum Gasteiger partial charge on any atom is 0.0776 e. The van der Waals surface area contributed by atoms with Crippen LogP contribution in [0.3, 0.4) is 0 Å². The molecule has 0 unspecified atom stereocenters. The molecule has 1 fully saturated rings. The first-order valence-electron chi connectivity index (χ1n) is 16.4. The summed E-state index contributed by atoms with van der Waals surface area (Å²) in [5.74, 6) is 0.700. The van der Waals surface area contributed by atoms with Crippen molar-refractivity contribution in [2.24, 2.45) is 0 Å². The average Bonchev–Trinajstić information content (AvgIpc) is 3.44. The largest absolute Gasteiger partial charge is 0.305 e. The van der Waals surface area contributed by atoms with Crippen LogP contribution in [0, 0.1) is 19.0 Å². The summed E-state index contributed by atoms with van der Waals surface area (Å²) in [5, 5.41) is 4.23. The number of aryl methyl sites for hydroxylation is 1. The van der Waals surface area contributed by atoms with Crippen LogP contribution in [0.5, 0.6) is 0 Å². The van der Waals surface area contributed by atoms with E-state index in [4.69, 9.17) is 9.10 Å². The van der Waals surface area contributed by atoms with Gasteiger partial charge in [-0.1, -0.05) is 85.4 Å². The van der Waals surface area contributed by atoms with Crippen molar-refractivity contribution in [1.82, 2.24) is 9.97 Å². The maximum atomic E-state index is 7.23. The van der Waals surface area contributed by atoms with Crippen molar-refractivity contribution < 1.29 is 24.2 Å². The first-order valence-corrected chi connectivity index (χ1v) is 19.2. The molecule has 1 saturated carbocycles. The fourth-order valence-corrected chi connectivity index (χ4v) is 8.29. The molecule has 3 aromatic carbocycles. The number of hydrogen-bond acceptors (Lipinski definition) is 3. The van der Waals surface area contributed by atoms with E-state index < -0.39 is 14.9 Å². The van der Waals surface area contributed by atoms with Gasteiger partial charge in [0.25, 0.3) is 0 Å². The number of hydrogen-bond donors (Lipinski definition) is 0. The number of fused-ring (bicyclic) bond motifs is 3. The fourth-order valence-electron chi connectivity index (χ4n) is 5.78. The van der Waals surface area contributed by atoms with E-state index >= 15 is 0 Å². The first kappa shape index (κ1) is 27.6. The molecule has 0 atom stereocenters. The zero-order valence-electron chi connectivity index (χ0n) is 27.9. The second kappa shape index (κ2) is 13.8. The number of pyridine rings is 2. The van der Waals surface area contributed by atoms with Gasteiger partial charge in [0.1, 0.15) is 0 Å². The molecule has 3 heterocycles. The van der Waals surface area contributed by atoms with Crippen LogP contribution in [-0.4, -0.2) is 18.0 Å². The van der Waals surface area contributed by atoms with Crippen LogP contribution < -0.4 is 5.19 Å². The molecule has 221 valence electrons. The Labute approximate surface area is 279 Å². The molecular formula is C38H38IrN2SSi-2. The summed E-state index contributed by atoms with van der Waals surface area (Å²) in [7, 11) is -1.32. The van der Waals surface area contributed by atoms with Crippen molar-refractivity contribution in [3.8, 4) is 22.5 Å². The van der Waals surface area contributed by atoms with Gasteiger partial charge in [0, 0.05) is 41.3 Å².